The smallest absolute Gasteiger partial charge is 0.419 e. The molecule has 0 spiro atoms. The van der Waals surface area contributed by atoms with Crippen LogP contribution in [-0.2, 0) is 6.18 Å². The zero-order valence-corrected chi connectivity index (χ0v) is 13.7. The molecule has 2 rings (SSSR count). The lowest BCUT2D eigenvalue weighted by Gasteiger charge is -2.17. The Morgan fingerprint density at radius 1 is 1.39 bits per heavy atom. The zero-order chi connectivity index (χ0) is 17.0. The van der Waals surface area contributed by atoms with E-state index in [9.17, 15) is 18.0 Å². The lowest BCUT2D eigenvalue weighted by atomic mass is 10.2. The van der Waals surface area contributed by atoms with E-state index in [-0.39, 0.29) is 18.3 Å². The van der Waals surface area contributed by atoms with E-state index < -0.39 is 17.8 Å². The Morgan fingerprint density at radius 3 is 2.70 bits per heavy atom. The van der Waals surface area contributed by atoms with Crippen molar-refractivity contribution in [2.75, 3.05) is 6.61 Å². The fourth-order valence-corrected chi connectivity index (χ4v) is 2.23. The molecular formula is C15H14BrF3N2O2. The molecule has 0 fully saturated rings. The van der Waals surface area contributed by atoms with E-state index >= 15 is 0 Å². The fourth-order valence-electron chi connectivity index (χ4n) is 1.88. The summed E-state index contributed by atoms with van der Waals surface area (Å²) in [6.45, 7) is 1.56. The Labute approximate surface area is 139 Å². The van der Waals surface area contributed by atoms with Crippen molar-refractivity contribution in [1.82, 2.24) is 10.3 Å². The minimum absolute atomic E-state index is 0.0826. The summed E-state index contributed by atoms with van der Waals surface area (Å²) in [5.74, 6) is -0.625. The van der Waals surface area contributed by atoms with Gasteiger partial charge in [0.05, 0.1) is 11.6 Å². The van der Waals surface area contributed by atoms with Crippen molar-refractivity contribution in [3.63, 3.8) is 0 Å². The van der Waals surface area contributed by atoms with Crippen molar-refractivity contribution in [2.45, 2.75) is 19.1 Å². The number of aromatic amines is 1. The summed E-state index contributed by atoms with van der Waals surface area (Å²) in [6, 6.07) is 6.09. The number of para-hydroxylation sites is 1. The van der Waals surface area contributed by atoms with E-state index in [4.69, 9.17) is 4.74 Å². The number of aromatic nitrogens is 1. The van der Waals surface area contributed by atoms with E-state index in [1.807, 2.05) is 0 Å². The summed E-state index contributed by atoms with van der Waals surface area (Å²) < 4.78 is 44.5. The van der Waals surface area contributed by atoms with E-state index in [2.05, 4.69) is 26.2 Å². The molecule has 1 atom stereocenters. The van der Waals surface area contributed by atoms with Gasteiger partial charge in [0.1, 0.15) is 18.1 Å². The molecule has 23 heavy (non-hydrogen) atoms. The lowest BCUT2D eigenvalue weighted by Crippen LogP contribution is -2.37. The van der Waals surface area contributed by atoms with Gasteiger partial charge in [-0.2, -0.15) is 13.2 Å². The monoisotopic (exact) mass is 390 g/mol. The SMILES string of the molecule is CC(COc1ccccc1C(F)(F)F)NC(=O)c1cc(Br)c[nH]1. The third-order valence-electron chi connectivity index (χ3n) is 2.95. The minimum atomic E-state index is -4.49. The standard InChI is InChI=1S/C15H14BrF3N2O2/c1-9(21-14(22)12-6-10(16)7-20-12)8-23-13-5-3-2-4-11(13)15(17,18)19/h2-7,9,20H,8H2,1H3,(H,21,22). The molecule has 0 saturated heterocycles. The summed E-state index contributed by atoms with van der Waals surface area (Å²) in [5.41, 5.74) is -0.494. The first kappa shape index (κ1) is 17.4. The maximum absolute atomic E-state index is 12.8. The summed E-state index contributed by atoms with van der Waals surface area (Å²) in [6.07, 6.45) is -2.88. The highest BCUT2D eigenvalue weighted by molar-refractivity contribution is 9.10. The number of carbonyl (C=O) groups is 1. The topological polar surface area (TPSA) is 54.1 Å². The van der Waals surface area contributed by atoms with Gasteiger partial charge < -0.3 is 15.0 Å². The van der Waals surface area contributed by atoms with Gasteiger partial charge in [-0.15, -0.1) is 0 Å². The molecular weight excluding hydrogens is 377 g/mol. The number of hydrogen-bond acceptors (Lipinski definition) is 2. The first-order chi connectivity index (χ1) is 10.8. The van der Waals surface area contributed by atoms with E-state index in [0.29, 0.717) is 5.69 Å². The number of alkyl halides is 3. The van der Waals surface area contributed by atoms with Crippen molar-refractivity contribution in [2.24, 2.45) is 0 Å². The van der Waals surface area contributed by atoms with Crippen LogP contribution in [0.4, 0.5) is 13.2 Å². The van der Waals surface area contributed by atoms with Crippen LogP contribution in [0.25, 0.3) is 0 Å². The maximum atomic E-state index is 12.8. The van der Waals surface area contributed by atoms with Gasteiger partial charge in [0.2, 0.25) is 0 Å². The van der Waals surface area contributed by atoms with Crippen LogP contribution in [0.15, 0.2) is 41.0 Å². The third kappa shape index (κ3) is 4.75. The summed E-state index contributed by atoms with van der Waals surface area (Å²) >= 11 is 3.21. The van der Waals surface area contributed by atoms with E-state index in [0.717, 1.165) is 10.5 Å². The molecule has 0 bridgehead atoms. The average molecular weight is 391 g/mol. The van der Waals surface area contributed by atoms with Gasteiger partial charge >= 0.3 is 6.18 Å². The molecule has 4 nitrogen and oxygen atoms in total. The Morgan fingerprint density at radius 2 is 2.09 bits per heavy atom. The number of ether oxygens (including phenoxy) is 1. The molecule has 0 saturated carbocycles. The Bertz CT molecular complexity index is 685. The normalized spacial score (nSPS) is 12.7. The van der Waals surface area contributed by atoms with Crippen molar-refractivity contribution in [3.8, 4) is 5.75 Å². The number of benzene rings is 1. The minimum Gasteiger partial charge on any atom is -0.491 e. The van der Waals surface area contributed by atoms with Crippen LogP contribution in [0.5, 0.6) is 5.75 Å². The second kappa shape index (κ2) is 7.08. The van der Waals surface area contributed by atoms with Crippen molar-refractivity contribution in [3.05, 3.63) is 52.3 Å². The summed E-state index contributed by atoms with van der Waals surface area (Å²) in [5, 5.41) is 2.64. The highest BCUT2D eigenvalue weighted by atomic mass is 79.9. The number of rotatable bonds is 5. The van der Waals surface area contributed by atoms with Gasteiger partial charge in [-0.05, 0) is 41.1 Å². The first-order valence-corrected chi connectivity index (χ1v) is 7.50. The van der Waals surface area contributed by atoms with E-state index in [1.165, 1.54) is 18.2 Å². The fraction of sp³-hybridized carbons (Fsp3) is 0.267. The predicted molar refractivity (Wildman–Crippen MR) is 82.4 cm³/mol. The van der Waals surface area contributed by atoms with Crippen LogP contribution in [-0.4, -0.2) is 23.5 Å². The molecule has 0 aliphatic rings. The predicted octanol–water partition coefficient (Wildman–Crippen LogP) is 3.99. The third-order valence-corrected chi connectivity index (χ3v) is 3.41. The number of carbonyl (C=O) groups excluding carboxylic acids is 1. The molecule has 124 valence electrons. The largest absolute Gasteiger partial charge is 0.491 e. The van der Waals surface area contributed by atoms with Gasteiger partial charge in [-0.1, -0.05) is 12.1 Å². The number of hydrogen-bond donors (Lipinski definition) is 2. The van der Waals surface area contributed by atoms with Crippen molar-refractivity contribution < 1.29 is 22.7 Å². The van der Waals surface area contributed by atoms with Crippen LogP contribution in [0, 0.1) is 0 Å². The van der Waals surface area contributed by atoms with Crippen LogP contribution in [0.2, 0.25) is 0 Å². The molecule has 1 unspecified atom stereocenters. The Kier molecular flexibility index (Phi) is 5.35. The molecule has 1 aromatic heterocycles. The van der Waals surface area contributed by atoms with E-state index in [1.54, 1.807) is 19.2 Å². The van der Waals surface area contributed by atoms with Crippen LogP contribution in [0.3, 0.4) is 0 Å². The van der Waals surface area contributed by atoms with Gasteiger partial charge in [0.15, 0.2) is 0 Å². The molecule has 2 N–H and O–H groups in total. The molecule has 0 radical (unpaired) electrons. The molecule has 1 amide bonds. The average Bonchev–Trinajstić information content (AvgIpc) is 2.91. The molecule has 1 heterocycles. The second-order valence-corrected chi connectivity index (χ2v) is 5.83. The Balaban J connectivity index is 1.95. The van der Waals surface area contributed by atoms with Crippen LogP contribution in [0.1, 0.15) is 23.0 Å². The summed E-state index contributed by atoms with van der Waals surface area (Å²) in [4.78, 5) is 14.7. The highest BCUT2D eigenvalue weighted by Gasteiger charge is 2.34. The lowest BCUT2D eigenvalue weighted by molar-refractivity contribution is -0.139. The number of nitrogens with one attached hydrogen (secondary N) is 2. The van der Waals surface area contributed by atoms with Gasteiger partial charge in [-0.25, -0.2) is 0 Å². The number of halogens is 4. The first-order valence-electron chi connectivity index (χ1n) is 6.71. The summed E-state index contributed by atoms with van der Waals surface area (Å²) in [7, 11) is 0. The number of H-pyrrole nitrogens is 1. The molecule has 8 heteroatoms. The Hall–Kier alpha value is -1.96. The van der Waals surface area contributed by atoms with Crippen LogP contribution < -0.4 is 10.1 Å². The highest BCUT2D eigenvalue weighted by Crippen LogP contribution is 2.35. The maximum Gasteiger partial charge on any atom is 0.419 e. The second-order valence-electron chi connectivity index (χ2n) is 4.91. The van der Waals surface area contributed by atoms with Crippen molar-refractivity contribution in [1.29, 1.82) is 0 Å². The molecule has 2 aromatic rings. The molecule has 1 aromatic carbocycles. The number of amides is 1. The zero-order valence-electron chi connectivity index (χ0n) is 12.1. The van der Waals surface area contributed by atoms with Gasteiger partial charge in [-0.3, -0.25) is 4.79 Å². The van der Waals surface area contributed by atoms with Crippen LogP contribution >= 0.6 is 15.9 Å². The quantitative estimate of drug-likeness (QED) is 0.810. The molecule has 0 aliphatic heterocycles. The van der Waals surface area contributed by atoms with Gasteiger partial charge in [0, 0.05) is 10.7 Å². The molecule has 0 aliphatic carbocycles. The van der Waals surface area contributed by atoms with Gasteiger partial charge in [0.25, 0.3) is 5.91 Å². The van der Waals surface area contributed by atoms with Crippen molar-refractivity contribution >= 4 is 21.8 Å².